The first-order chi connectivity index (χ1) is 9.10. The van der Waals surface area contributed by atoms with Gasteiger partial charge in [-0.1, -0.05) is 44.2 Å². The Morgan fingerprint density at radius 3 is 2.32 bits per heavy atom. The van der Waals surface area contributed by atoms with Crippen molar-refractivity contribution in [2.45, 2.75) is 32.9 Å². The Morgan fingerprint density at radius 2 is 1.84 bits per heavy atom. The standard InChI is InChI=1S/C15H25N3O/c1-4-18(5-2)14(11-17-15(19)12(3)16)13-9-7-6-8-10-13/h6-10,12,14H,4-5,11,16H2,1-3H3,(H,17,19). The number of amides is 1. The Bertz CT molecular complexity index is 374. The number of rotatable bonds is 7. The highest BCUT2D eigenvalue weighted by Gasteiger charge is 2.19. The second kappa shape index (κ2) is 7.92. The third kappa shape index (κ3) is 4.65. The molecule has 1 aromatic rings. The highest BCUT2D eigenvalue weighted by molar-refractivity contribution is 5.80. The summed E-state index contributed by atoms with van der Waals surface area (Å²) in [6, 6.07) is 9.98. The zero-order valence-corrected chi connectivity index (χ0v) is 12.1. The Balaban J connectivity index is 2.79. The molecule has 4 nitrogen and oxygen atoms in total. The van der Waals surface area contributed by atoms with Gasteiger partial charge in [-0.3, -0.25) is 9.69 Å². The Labute approximate surface area is 116 Å². The number of nitrogens with two attached hydrogens (primary N) is 1. The summed E-state index contributed by atoms with van der Waals surface area (Å²) in [5, 5.41) is 2.92. The van der Waals surface area contributed by atoms with Gasteiger partial charge in [0.15, 0.2) is 0 Å². The van der Waals surface area contributed by atoms with Gasteiger partial charge in [0.2, 0.25) is 5.91 Å². The molecule has 0 fully saturated rings. The molecule has 2 unspecified atom stereocenters. The first-order valence-electron chi connectivity index (χ1n) is 6.92. The van der Waals surface area contributed by atoms with Crippen LogP contribution >= 0.6 is 0 Å². The van der Waals surface area contributed by atoms with E-state index in [-0.39, 0.29) is 11.9 Å². The van der Waals surface area contributed by atoms with Gasteiger partial charge in [-0.05, 0) is 25.6 Å². The van der Waals surface area contributed by atoms with Crippen LogP contribution < -0.4 is 11.1 Å². The third-order valence-electron chi connectivity index (χ3n) is 3.32. The number of nitrogens with one attached hydrogen (secondary N) is 1. The summed E-state index contributed by atoms with van der Waals surface area (Å²) >= 11 is 0. The van der Waals surface area contributed by atoms with Crippen molar-refractivity contribution in [3.8, 4) is 0 Å². The molecule has 0 spiro atoms. The molecule has 0 aliphatic heterocycles. The van der Waals surface area contributed by atoms with Crippen LogP contribution in [0.4, 0.5) is 0 Å². The first kappa shape index (κ1) is 15.7. The SMILES string of the molecule is CCN(CC)C(CNC(=O)C(C)N)c1ccccc1. The molecule has 0 saturated heterocycles. The van der Waals surface area contributed by atoms with Gasteiger partial charge < -0.3 is 11.1 Å². The van der Waals surface area contributed by atoms with Gasteiger partial charge in [-0.15, -0.1) is 0 Å². The van der Waals surface area contributed by atoms with E-state index >= 15 is 0 Å². The number of hydrogen-bond acceptors (Lipinski definition) is 3. The fourth-order valence-electron chi connectivity index (χ4n) is 2.16. The normalized spacial score (nSPS) is 14.2. The van der Waals surface area contributed by atoms with E-state index in [0.29, 0.717) is 6.54 Å². The molecular weight excluding hydrogens is 238 g/mol. The predicted molar refractivity (Wildman–Crippen MR) is 78.8 cm³/mol. The molecular formula is C15H25N3O. The molecule has 0 heterocycles. The summed E-state index contributed by atoms with van der Waals surface area (Å²) in [6.07, 6.45) is 0. The van der Waals surface area contributed by atoms with Crippen molar-refractivity contribution in [3.63, 3.8) is 0 Å². The number of nitrogens with zero attached hydrogens (tertiary/aromatic N) is 1. The number of likely N-dealkylation sites (N-methyl/N-ethyl adjacent to an activating group) is 1. The zero-order chi connectivity index (χ0) is 14.3. The first-order valence-corrected chi connectivity index (χ1v) is 6.92. The van der Waals surface area contributed by atoms with Crippen molar-refractivity contribution < 1.29 is 4.79 Å². The molecule has 4 heteroatoms. The van der Waals surface area contributed by atoms with Crippen LogP contribution in [0.25, 0.3) is 0 Å². The maximum absolute atomic E-state index is 11.6. The summed E-state index contributed by atoms with van der Waals surface area (Å²) in [7, 11) is 0. The molecule has 3 N–H and O–H groups in total. The average Bonchev–Trinajstić information content (AvgIpc) is 2.43. The van der Waals surface area contributed by atoms with Crippen molar-refractivity contribution in [2.75, 3.05) is 19.6 Å². The van der Waals surface area contributed by atoms with Crippen LogP contribution in [0, 0.1) is 0 Å². The lowest BCUT2D eigenvalue weighted by atomic mass is 10.0. The molecule has 1 amide bonds. The van der Waals surface area contributed by atoms with Crippen LogP contribution in [0.3, 0.4) is 0 Å². The maximum atomic E-state index is 11.6. The minimum Gasteiger partial charge on any atom is -0.353 e. The molecule has 0 aliphatic carbocycles. The van der Waals surface area contributed by atoms with Gasteiger partial charge in [0.05, 0.1) is 12.1 Å². The van der Waals surface area contributed by atoms with E-state index in [0.717, 1.165) is 13.1 Å². The van der Waals surface area contributed by atoms with E-state index in [1.54, 1.807) is 6.92 Å². The Kier molecular flexibility index (Phi) is 6.53. The summed E-state index contributed by atoms with van der Waals surface area (Å²) in [6.45, 7) is 8.45. The molecule has 19 heavy (non-hydrogen) atoms. The highest BCUT2D eigenvalue weighted by atomic mass is 16.2. The molecule has 0 radical (unpaired) electrons. The summed E-state index contributed by atoms with van der Waals surface area (Å²) in [5.41, 5.74) is 6.79. The maximum Gasteiger partial charge on any atom is 0.236 e. The van der Waals surface area contributed by atoms with Gasteiger partial charge >= 0.3 is 0 Å². The summed E-state index contributed by atoms with van der Waals surface area (Å²) in [5.74, 6) is -0.104. The number of benzene rings is 1. The van der Waals surface area contributed by atoms with Crippen molar-refractivity contribution in [1.29, 1.82) is 0 Å². The largest absolute Gasteiger partial charge is 0.353 e. The molecule has 0 aliphatic rings. The molecule has 1 aromatic carbocycles. The van der Waals surface area contributed by atoms with Crippen molar-refractivity contribution >= 4 is 5.91 Å². The second-order valence-electron chi connectivity index (χ2n) is 4.68. The predicted octanol–water partition coefficient (Wildman–Crippen LogP) is 1.53. The number of carbonyl (C=O) groups is 1. The van der Waals surface area contributed by atoms with E-state index in [9.17, 15) is 4.79 Å². The van der Waals surface area contributed by atoms with Crippen LogP contribution in [0.15, 0.2) is 30.3 Å². The van der Waals surface area contributed by atoms with Crippen LogP contribution in [0.2, 0.25) is 0 Å². The molecule has 1 rings (SSSR count). The third-order valence-corrected chi connectivity index (χ3v) is 3.32. The Hall–Kier alpha value is -1.39. The van der Waals surface area contributed by atoms with E-state index < -0.39 is 6.04 Å². The van der Waals surface area contributed by atoms with Gasteiger partial charge in [0.25, 0.3) is 0 Å². The van der Waals surface area contributed by atoms with E-state index in [4.69, 9.17) is 5.73 Å². The number of carbonyl (C=O) groups excluding carboxylic acids is 1. The topological polar surface area (TPSA) is 58.4 Å². The molecule has 2 atom stereocenters. The second-order valence-corrected chi connectivity index (χ2v) is 4.68. The van der Waals surface area contributed by atoms with Gasteiger partial charge in [-0.25, -0.2) is 0 Å². The molecule has 0 saturated carbocycles. The summed E-state index contributed by atoms with van der Waals surface area (Å²) < 4.78 is 0. The van der Waals surface area contributed by atoms with Gasteiger partial charge in [-0.2, -0.15) is 0 Å². The quantitative estimate of drug-likeness (QED) is 0.784. The van der Waals surface area contributed by atoms with Crippen molar-refractivity contribution in [2.24, 2.45) is 5.73 Å². The van der Waals surface area contributed by atoms with Crippen molar-refractivity contribution in [3.05, 3.63) is 35.9 Å². The van der Waals surface area contributed by atoms with Gasteiger partial charge in [0.1, 0.15) is 0 Å². The van der Waals surface area contributed by atoms with Crippen LogP contribution in [-0.2, 0) is 4.79 Å². The smallest absolute Gasteiger partial charge is 0.236 e. The highest BCUT2D eigenvalue weighted by Crippen LogP contribution is 2.19. The van der Waals surface area contributed by atoms with Crippen LogP contribution in [0.1, 0.15) is 32.4 Å². The van der Waals surface area contributed by atoms with Crippen molar-refractivity contribution in [1.82, 2.24) is 10.2 Å². The van der Waals surface area contributed by atoms with E-state index in [1.165, 1.54) is 5.56 Å². The van der Waals surface area contributed by atoms with Crippen LogP contribution in [-0.4, -0.2) is 36.5 Å². The zero-order valence-electron chi connectivity index (χ0n) is 12.1. The minimum atomic E-state index is -0.465. The lowest BCUT2D eigenvalue weighted by Gasteiger charge is -2.30. The fourth-order valence-corrected chi connectivity index (χ4v) is 2.16. The molecule has 0 bridgehead atoms. The average molecular weight is 263 g/mol. The van der Waals surface area contributed by atoms with Crippen LogP contribution in [0.5, 0.6) is 0 Å². The lowest BCUT2D eigenvalue weighted by Crippen LogP contribution is -2.43. The van der Waals surface area contributed by atoms with E-state index in [2.05, 4.69) is 36.2 Å². The van der Waals surface area contributed by atoms with Gasteiger partial charge in [0, 0.05) is 6.54 Å². The molecule has 106 valence electrons. The minimum absolute atomic E-state index is 0.104. The fraction of sp³-hybridized carbons (Fsp3) is 0.533. The lowest BCUT2D eigenvalue weighted by molar-refractivity contribution is -0.122. The molecule has 0 aromatic heterocycles. The summed E-state index contributed by atoms with van der Waals surface area (Å²) in [4.78, 5) is 14.0. The monoisotopic (exact) mass is 263 g/mol. The van der Waals surface area contributed by atoms with E-state index in [1.807, 2.05) is 18.2 Å². The Morgan fingerprint density at radius 1 is 1.26 bits per heavy atom. The number of hydrogen-bond donors (Lipinski definition) is 2.